The largest absolute Gasteiger partial charge is 0.457 e. The molecule has 0 atom stereocenters. The second kappa shape index (κ2) is 7.92. The molecule has 2 aromatic carbocycles. The van der Waals surface area contributed by atoms with E-state index in [9.17, 15) is 14.7 Å². The number of rotatable bonds is 5. The Hall–Kier alpha value is -3.03. The van der Waals surface area contributed by atoms with Crippen molar-refractivity contribution in [1.29, 1.82) is 0 Å². The second-order valence-electron chi connectivity index (χ2n) is 7.01. The number of anilines is 1. The zero-order chi connectivity index (χ0) is 20.3. The Bertz CT molecular complexity index is 937. The van der Waals surface area contributed by atoms with Gasteiger partial charge < -0.3 is 9.84 Å². The van der Waals surface area contributed by atoms with Crippen LogP contribution < -0.4 is 15.0 Å². The standard InChI is InChI=1S/C21H20N2O4S/c1-21(2,13-24)12-17-18(25)22-20(28)23(19(17)26)14-8-10-16(11-9-14)27-15-6-4-3-5-7-15/h3-12,24H,13H2,1-2H3,(H,22,25,28)/b17-12+. The number of nitrogens with one attached hydrogen (secondary N) is 1. The summed E-state index contributed by atoms with van der Waals surface area (Å²) in [5, 5.41) is 12.0. The van der Waals surface area contributed by atoms with Gasteiger partial charge in [-0.1, -0.05) is 38.1 Å². The minimum absolute atomic E-state index is 0.00526. The molecule has 0 bridgehead atoms. The number of aliphatic hydroxyl groups excluding tert-OH is 1. The molecule has 2 N–H and O–H groups in total. The predicted molar refractivity (Wildman–Crippen MR) is 110 cm³/mol. The summed E-state index contributed by atoms with van der Waals surface area (Å²) in [5.74, 6) is 0.193. The lowest BCUT2D eigenvalue weighted by molar-refractivity contribution is -0.122. The molecule has 0 saturated carbocycles. The molecular formula is C21H20N2O4S. The third-order valence-electron chi connectivity index (χ3n) is 4.12. The summed E-state index contributed by atoms with van der Waals surface area (Å²) < 4.78 is 5.75. The fourth-order valence-corrected chi connectivity index (χ4v) is 2.90. The van der Waals surface area contributed by atoms with E-state index in [4.69, 9.17) is 17.0 Å². The van der Waals surface area contributed by atoms with Crippen LogP contribution in [0.5, 0.6) is 11.5 Å². The maximum atomic E-state index is 12.9. The molecule has 144 valence electrons. The molecule has 1 fully saturated rings. The molecule has 0 spiro atoms. The van der Waals surface area contributed by atoms with E-state index in [1.54, 1.807) is 38.1 Å². The minimum Gasteiger partial charge on any atom is -0.457 e. The molecule has 0 aromatic heterocycles. The summed E-state index contributed by atoms with van der Waals surface area (Å²) in [6.45, 7) is 3.26. The van der Waals surface area contributed by atoms with Crippen molar-refractivity contribution < 1.29 is 19.4 Å². The first-order chi connectivity index (χ1) is 13.3. The normalized spacial score (nSPS) is 16.3. The Kier molecular flexibility index (Phi) is 5.58. The van der Waals surface area contributed by atoms with E-state index in [0.717, 1.165) is 0 Å². The van der Waals surface area contributed by atoms with Crippen molar-refractivity contribution in [2.75, 3.05) is 11.5 Å². The molecule has 0 unspecified atom stereocenters. The summed E-state index contributed by atoms with van der Waals surface area (Å²) in [6.07, 6.45) is 1.46. The van der Waals surface area contributed by atoms with Gasteiger partial charge in [-0.05, 0) is 48.6 Å². The molecule has 1 heterocycles. The van der Waals surface area contributed by atoms with Crippen LogP contribution in [0.1, 0.15) is 13.8 Å². The topological polar surface area (TPSA) is 78.9 Å². The Morgan fingerprint density at radius 2 is 1.68 bits per heavy atom. The highest BCUT2D eigenvalue weighted by Crippen LogP contribution is 2.28. The molecule has 1 saturated heterocycles. The summed E-state index contributed by atoms with van der Waals surface area (Å²) in [7, 11) is 0. The van der Waals surface area contributed by atoms with Gasteiger partial charge in [-0.25, -0.2) is 0 Å². The van der Waals surface area contributed by atoms with Gasteiger partial charge in [0.15, 0.2) is 5.11 Å². The quantitative estimate of drug-likeness (QED) is 0.461. The number of amides is 2. The van der Waals surface area contributed by atoms with E-state index in [1.165, 1.54) is 11.0 Å². The van der Waals surface area contributed by atoms with E-state index in [1.807, 2.05) is 30.3 Å². The van der Waals surface area contributed by atoms with Crippen LogP contribution in [0.3, 0.4) is 0 Å². The zero-order valence-corrected chi connectivity index (χ0v) is 16.3. The molecule has 0 aliphatic carbocycles. The number of carbonyl (C=O) groups is 2. The van der Waals surface area contributed by atoms with Gasteiger partial charge in [0, 0.05) is 5.41 Å². The molecule has 2 amide bonds. The predicted octanol–water partition coefficient (Wildman–Crippen LogP) is 3.17. The Morgan fingerprint density at radius 3 is 2.29 bits per heavy atom. The van der Waals surface area contributed by atoms with Crippen molar-refractivity contribution in [3.05, 3.63) is 66.2 Å². The highest BCUT2D eigenvalue weighted by Gasteiger charge is 2.35. The Labute approximate surface area is 168 Å². The Morgan fingerprint density at radius 1 is 1.07 bits per heavy atom. The average molecular weight is 396 g/mol. The molecule has 3 rings (SSSR count). The van der Waals surface area contributed by atoms with Gasteiger partial charge in [0.1, 0.15) is 17.1 Å². The lowest BCUT2D eigenvalue weighted by Crippen LogP contribution is -2.54. The van der Waals surface area contributed by atoms with E-state index in [-0.39, 0.29) is 17.3 Å². The third kappa shape index (κ3) is 4.27. The third-order valence-corrected chi connectivity index (χ3v) is 4.40. The van der Waals surface area contributed by atoms with Crippen LogP contribution in [0.2, 0.25) is 0 Å². The van der Waals surface area contributed by atoms with E-state index < -0.39 is 17.2 Å². The van der Waals surface area contributed by atoms with Crippen LogP contribution in [-0.2, 0) is 9.59 Å². The summed E-state index contributed by atoms with van der Waals surface area (Å²) in [5.41, 5.74) is -0.277. The van der Waals surface area contributed by atoms with Crippen molar-refractivity contribution >= 4 is 34.8 Å². The molecule has 7 heteroatoms. The van der Waals surface area contributed by atoms with Gasteiger partial charge in [0.25, 0.3) is 11.8 Å². The van der Waals surface area contributed by atoms with Crippen LogP contribution >= 0.6 is 12.2 Å². The van der Waals surface area contributed by atoms with Crippen molar-refractivity contribution in [3.63, 3.8) is 0 Å². The monoisotopic (exact) mass is 396 g/mol. The number of nitrogens with zero attached hydrogens (tertiary/aromatic N) is 1. The summed E-state index contributed by atoms with van der Waals surface area (Å²) in [4.78, 5) is 26.4. The maximum absolute atomic E-state index is 12.9. The number of aliphatic hydroxyl groups is 1. The number of hydrogen-bond donors (Lipinski definition) is 2. The molecule has 2 aromatic rings. The molecule has 0 radical (unpaired) electrons. The molecule has 28 heavy (non-hydrogen) atoms. The summed E-state index contributed by atoms with van der Waals surface area (Å²) >= 11 is 5.19. The van der Waals surface area contributed by atoms with Crippen LogP contribution in [0.15, 0.2) is 66.2 Å². The number of benzene rings is 2. The lowest BCUT2D eigenvalue weighted by Gasteiger charge is -2.30. The van der Waals surface area contributed by atoms with Gasteiger partial charge in [0.05, 0.1) is 12.3 Å². The molecule has 6 nitrogen and oxygen atoms in total. The van der Waals surface area contributed by atoms with Crippen LogP contribution in [0.4, 0.5) is 5.69 Å². The van der Waals surface area contributed by atoms with Gasteiger partial charge in [0.2, 0.25) is 0 Å². The van der Waals surface area contributed by atoms with Crippen molar-refractivity contribution in [1.82, 2.24) is 5.32 Å². The van der Waals surface area contributed by atoms with E-state index in [2.05, 4.69) is 5.32 Å². The lowest BCUT2D eigenvalue weighted by atomic mass is 9.90. The highest BCUT2D eigenvalue weighted by molar-refractivity contribution is 7.80. The fourth-order valence-electron chi connectivity index (χ4n) is 2.62. The average Bonchev–Trinajstić information content (AvgIpc) is 2.67. The first-order valence-corrected chi connectivity index (χ1v) is 9.08. The maximum Gasteiger partial charge on any atom is 0.269 e. The van der Waals surface area contributed by atoms with Crippen LogP contribution in [0, 0.1) is 5.41 Å². The van der Waals surface area contributed by atoms with Gasteiger partial charge in [-0.3, -0.25) is 19.8 Å². The molecular weight excluding hydrogens is 376 g/mol. The Balaban J connectivity index is 1.86. The first-order valence-electron chi connectivity index (χ1n) is 8.67. The van der Waals surface area contributed by atoms with Crippen molar-refractivity contribution in [2.24, 2.45) is 5.41 Å². The van der Waals surface area contributed by atoms with Crippen molar-refractivity contribution in [3.8, 4) is 11.5 Å². The van der Waals surface area contributed by atoms with Crippen LogP contribution in [0.25, 0.3) is 0 Å². The molecule has 1 aliphatic rings. The van der Waals surface area contributed by atoms with Crippen molar-refractivity contribution in [2.45, 2.75) is 13.8 Å². The second-order valence-corrected chi connectivity index (χ2v) is 7.40. The van der Waals surface area contributed by atoms with Gasteiger partial charge in [-0.2, -0.15) is 0 Å². The van der Waals surface area contributed by atoms with E-state index in [0.29, 0.717) is 17.2 Å². The highest BCUT2D eigenvalue weighted by atomic mass is 32.1. The first kappa shape index (κ1) is 19.7. The fraction of sp³-hybridized carbons (Fsp3) is 0.190. The number of ether oxygens (including phenoxy) is 1. The minimum atomic E-state index is -0.722. The van der Waals surface area contributed by atoms with Gasteiger partial charge in [-0.15, -0.1) is 0 Å². The number of hydrogen-bond acceptors (Lipinski definition) is 5. The number of thiocarbonyl (C=S) groups is 1. The SMILES string of the molecule is CC(C)(/C=C1\C(=O)NC(=S)N(c2ccc(Oc3ccccc3)cc2)C1=O)CO. The zero-order valence-electron chi connectivity index (χ0n) is 15.5. The molecule has 1 aliphatic heterocycles. The van der Waals surface area contributed by atoms with Crippen LogP contribution in [-0.4, -0.2) is 28.6 Å². The van der Waals surface area contributed by atoms with Gasteiger partial charge >= 0.3 is 0 Å². The summed E-state index contributed by atoms with van der Waals surface area (Å²) in [6, 6.07) is 16.1. The number of para-hydroxylation sites is 1. The van der Waals surface area contributed by atoms with E-state index >= 15 is 0 Å². The smallest absolute Gasteiger partial charge is 0.269 e. The number of carbonyl (C=O) groups excluding carboxylic acids is 2.